The van der Waals surface area contributed by atoms with E-state index < -0.39 is 0 Å². The van der Waals surface area contributed by atoms with E-state index >= 15 is 0 Å². The summed E-state index contributed by atoms with van der Waals surface area (Å²) in [5.74, 6) is 0.712. The Bertz CT molecular complexity index is 820. The van der Waals surface area contributed by atoms with E-state index in [2.05, 4.69) is 4.90 Å². The number of hydrogen-bond acceptors (Lipinski definition) is 5. The van der Waals surface area contributed by atoms with Gasteiger partial charge < -0.3 is 14.5 Å². The predicted molar refractivity (Wildman–Crippen MR) is 108 cm³/mol. The van der Waals surface area contributed by atoms with Gasteiger partial charge >= 0.3 is 5.69 Å². The monoisotopic (exact) mass is 392 g/mol. The fourth-order valence-corrected chi connectivity index (χ4v) is 4.11. The molecule has 0 aliphatic carbocycles. The maximum Gasteiger partial charge on any atom is 0.333 e. The van der Waals surface area contributed by atoms with Crippen molar-refractivity contribution >= 4 is 11.7 Å². The second-order valence-electron chi connectivity index (χ2n) is 8.22. The summed E-state index contributed by atoms with van der Waals surface area (Å²) in [6.07, 6.45) is 2.20. The first-order valence-corrected chi connectivity index (χ1v) is 10.3. The molecule has 3 rings (SSSR count). The fourth-order valence-electron chi connectivity index (χ4n) is 4.11. The van der Waals surface area contributed by atoms with Crippen LogP contribution in [-0.4, -0.2) is 58.8 Å². The molecule has 0 bridgehead atoms. The highest BCUT2D eigenvalue weighted by molar-refractivity contribution is 5.81. The highest BCUT2D eigenvalue weighted by Gasteiger charge is 2.30. The first-order chi connectivity index (χ1) is 13.3. The molecule has 1 amide bonds. The molecular formula is C20H32N4O4. The van der Waals surface area contributed by atoms with Gasteiger partial charge in [-0.3, -0.25) is 18.7 Å². The number of carbonyl (C=O) groups excluding carboxylic acids is 1. The van der Waals surface area contributed by atoms with Gasteiger partial charge in [-0.25, -0.2) is 4.79 Å². The van der Waals surface area contributed by atoms with E-state index in [4.69, 9.17) is 4.74 Å². The van der Waals surface area contributed by atoms with E-state index in [0.717, 1.165) is 19.3 Å². The van der Waals surface area contributed by atoms with Crippen LogP contribution in [0.25, 0.3) is 0 Å². The second-order valence-corrected chi connectivity index (χ2v) is 8.22. The Kier molecular flexibility index (Phi) is 6.27. The largest absolute Gasteiger partial charge is 0.368 e. The molecule has 8 nitrogen and oxygen atoms in total. The van der Waals surface area contributed by atoms with Crippen LogP contribution in [0, 0.1) is 0 Å². The Morgan fingerprint density at radius 1 is 1.00 bits per heavy atom. The molecule has 0 radical (unpaired) electrons. The molecule has 1 aromatic heterocycles. The van der Waals surface area contributed by atoms with E-state index in [1.54, 1.807) is 10.6 Å². The molecule has 0 aromatic carbocycles. The van der Waals surface area contributed by atoms with E-state index in [1.807, 2.05) is 32.6 Å². The van der Waals surface area contributed by atoms with E-state index in [9.17, 15) is 14.4 Å². The van der Waals surface area contributed by atoms with E-state index in [1.165, 1.54) is 4.57 Å². The minimum Gasteiger partial charge on any atom is -0.368 e. The van der Waals surface area contributed by atoms with Crippen molar-refractivity contribution in [2.24, 2.45) is 0 Å². The van der Waals surface area contributed by atoms with Gasteiger partial charge in [0.2, 0.25) is 0 Å². The van der Waals surface area contributed by atoms with Gasteiger partial charge in [-0.05, 0) is 47.0 Å². The Morgan fingerprint density at radius 2 is 1.71 bits per heavy atom. The standard InChI is InChI=1S/C20H32N4O4/c1-14(2)23-17(13-18(25)24(15(3)4)20(23)27)21-8-6-9-22(11-10-21)19(26)16-7-5-12-28-16/h13-16H,5-12H2,1-4H3. The fraction of sp³-hybridized carbons (Fsp3) is 0.750. The van der Waals surface area contributed by atoms with Gasteiger partial charge in [-0.1, -0.05) is 0 Å². The van der Waals surface area contributed by atoms with Gasteiger partial charge in [-0.15, -0.1) is 0 Å². The highest BCUT2D eigenvalue weighted by Crippen LogP contribution is 2.20. The summed E-state index contributed by atoms with van der Waals surface area (Å²) in [7, 11) is 0. The van der Waals surface area contributed by atoms with E-state index in [-0.39, 0.29) is 35.3 Å². The Hall–Kier alpha value is -2.09. The van der Waals surface area contributed by atoms with Gasteiger partial charge in [0.05, 0.1) is 0 Å². The molecule has 2 fully saturated rings. The number of carbonyl (C=O) groups is 1. The van der Waals surface area contributed by atoms with Crippen LogP contribution < -0.4 is 16.1 Å². The van der Waals surface area contributed by atoms with E-state index in [0.29, 0.717) is 38.6 Å². The maximum absolute atomic E-state index is 13.0. The second kappa shape index (κ2) is 8.51. The average molecular weight is 393 g/mol. The molecule has 2 aliphatic heterocycles. The minimum atomic E-state index is -0.310. The maximum atomic E-state index is 13.0. The Labute approximate surface area is 165 Å². The number of hydrogen-bond donors (Lipinski definition) is 0. The van der Waals surface area contributed by atoms with Crippen molar-refractivity contribution in [3.05, 3.63) is 26.9 Å². The first-order valence-electron chi connectivity index (χ1n) is 10.3. The van der Waals surface area contributed by atoms with Crippen molar-refractivity contribution in [1.82, 2.24) is 14.0 Å². The quantitative estimate of drug-likeness (QED) is 0.774. The highest BCUT2D eigenvalue weighted by atomic mass is 16.5. The number of amides is 1. The van der Waals surface area contributed by atoms with Crippen LogP contribution in [0.1, 0.15) is 59.0 Å². The third-order valence-electron chi connectivity index (χ3n) is 5.52. The van der Waals surface area contributed by atoms with Crippen LogP contribution >= 0.6 is 0 Å². The normalized spacial score (nSPS) is 20.9. The molecule has 0 saturated carbocycles. The van der Waals surface area contributed by atoms with Crippen molar-refractivity contribution in [2.45, 2.75) is 65.1 Å². The van der Waals surface area contributed by atoms with Crippen molar-refractivity contribution in [3.63, 3.8) is 0 Å². The summed E-state index contributed by atoms with van der Waals surface area (Å²) in [6, 6.07) is 1.31. The molecule has 156 valence electrons. The Morgan fingerprint density at radius 3 is 2.32 bits per heavy atom. The zero-order chi connectivity index (χ0) is 20.4. The summed E-state index contributed by atoms with van der Waals surface area (Å²) in [5, 5.41) is 0. The number of anilines is 1. The average Bonchev–Trinajstić information content (AvgIpc) is 3.04. The topological polar surface area (TPSA) is 76.8 Å². The number of rotatable bonds is 4. The van der Waals surface area contributed by atoms with Crippen molar-refractivity contribution in [1.29, 1.82) is 0 Å². The van der Waals surface area contributed by atoms with Crippen LogP contribution in [0.5, 0.6) is 0 Å². The molecule has 3 heterocycles. The van der Waals surface area contributed by atoms with Crippen LogP contribution in [0.4, 0.5) is 5.82 Å². The van der Waals surface area contributed by atoms with Gasteiger partial charge in [0, 0.05) is 50.9 Å². The predicted octanol–water partition coefficient (Wildman–Crippen LogP) is 1.39. The summed E-state index contributed by atoms with van der Waals surface area (Å²) >= 11 is 0. The third-order valence-corrected chi connectivity index (χ3v) is 5.52. The SMILES string of the molecule is CC(C)n1c(N2CCCN(C(=O)C3CCCO3)CC2)cc(=O)n(C(C)C)c1=O. The van der Waals surface area contributed by atoms with Crippen molar-refractivity contribution in [3.8, 4) is 0 Å². The molecule has 2 saturated heterocycles. The van der Waals surface area contributed by atoms with Crippen LogP contribution in [0.3, 0.4) is 0 Å². The lowest BCUT2D eigenvalue weighted by Gasteiger charge is -2.29. The molecule has 0 N–H and O–H groups in total. The molecule has 1 aromatic rings. The number of nitrogens with zero attached hydrogens (tertiary/aromatic N) is 4. The van der Waals surface area contributed by atoms with Crippen molar-refractivity contribution < 1.29 is 9.53 Å². The summed E-state index contributed by atoms with van der Waals surface area (Å²) in [5.41, 5.74) is -0.549. The summed E-state index contributed by atoms with van der Waals surface area (Å²) in [4.78, 5) is 42.2. The molecule has 2 aliphatic rings. The van der Waals surface area contributed by atoms with Crippen LogP contribution in [0.15, 0.2) is 15.7 Å². The lowest BCUT2D eigenvalue weighted by molar-refractivity contribution is -0.140. The lowest BCUT2D eigenvalue weighted by atomic mass is 10.2. The zero-order valence-electron chi connectivity index (χ0n) is 17.4. The lowest BCUT2D eigenvalue weighted by Crippen LogP contribution is -2.45. The molecule has 8 heteroatoms. The molecule has 28 heavy (non-hydrogen) atoms. The number of aromatic nitrogens is 2. The smallest absolute Gasteiger partial charge is 0.333 e. The third kappa shape index (κ3) is 4.01. The minimum absolute atomic E-state index is 0.0656. The zero-order valence-corrected chi connectivity index (χ0v) is 17.4. The van der Waals surface area contributed by atoms with Crippen LogP contribution in [0.2, 0.25) is 0 Å². The van der Waals surface area contributed by atoms with Crippen molar-refractivity contribution in [2.75, 3.05) is 37.7 Å². The molecule has 0 spiro atoms. The van der Waals surface area contributed by atoms with Crippen LogP contribution in [-0.2, 0) is 9.53 Å². The van der Waals surface area contributed by atoms with Gasteiger partial charge in [-0.2, -0.15) is 0 Å². The first kappa shape index (κ1) is 20.6. The number of ether oxygens (including phenoxy) is 1. The van der Waals surface area contributed by atoms with Gasteiger partial charge in [0.1, 0.15) is 11.9 Å². The molecule has 1 unspecified atom stereocenters. The molecule has 1 atom stereocenters. The van der Waals surface area contributed by atoms with Gasteiger partial charge in [0.15, 0.2) is 0 Å². The summed E-state index contributed by atoms with van der Waals surface area (Å²) < 4.78 is 8.54. The Balaban J connectivity index is 1.86. The van der Waals surface area contributed by atoms with Gasteiger partial charge in [0.25, 0.3) is 11.5 Å². The summed E-state index contributed by atoms with van der Waals surface area (Å²) in [6.45, 7) is 10.8. The molecular weight excluding hydrogens is 360 g/mol.